The van der Waals surface area contributed by atoms with Gasteiger partial charge in [-0.15, -0.1) is 0 Å². The Bertz CT molecular complexity index is 950. The molecule has 0 amide bonds. The summed E-state index contributed by atoms with van der Waals surface area (Å²) in [7, 11) is 1.68. The number of hydrogen-bond donors (Lipinski definition) is 2. The van der Waals surface area contributed by atoms with Crippen LogP contribution >= 0.6 is 0 Å². The van der Waals surface area contributed by atoms with E-state index in [9.17, 15) is 0 Å². The van der Waals surface area contributed by atoms with Crippen molar-refractivity contribution in [2.45, 2.75) is 6.10 Å². The molecule has 1 aliphatic rings. The summed E-state index contributed by atoms with van der Waals surface area (Å²) < 4.78 is 11.3. The number of methoxy groups -OCH3 is 1. The number of nitrogens with one attached hydrogen (secondary N) is 1. The van der Waals surface area contributed by atoms with Crippen molar-refractivity contribution >= 4 is 22.4 Å². The summed E-state index contributed by atoms with van der Waals surface area (Å²) >= 11 is 0. The van der Waals surface area contributed by atoms with E-state index in [1.165, 1.54) is 0 Å². The monoisotopic (exact) mass is 380 g/mol. The second kappa shape index (κ2) is 8.41. The molecule has 2 heterocycles. The van der Waals surface area contributed by atoms with Gasteiger partial charge in [0.2, 0.25) is 0 Å². The maximum atomic E-state index is 8.97. The lowest BCUT2D eigenvalue weighted by molar-refractivity contribution is 0.0396. The highest BCUT2D eigenvalue weighted by atomic mass is 16.5. The molecule has 0 spiro atoms. The average Bonchev–Trinajstić information content (AvgIpc) is 2.77. The molecule has 0 aliphatic carbocycles. The van der Waals surface area contributed by atoms with Crippen molar-refractivity contribution < 1.29 is 14.6 Å². The molecule has 146 valence electrons. The Morgan fingerprint density at radius 2 is 2.04 bits per heavy atom. The number of aliphatic hydroxyl groups is 1. The van der Waals surface area contributed by atoms with E-state index in [0.717, 1.165) is 41.0 Å². The van der Waals surface area contributed by atoms with Crippen LogP contribution in [-0.2, 0) is 4.74 Å². The van der Waals surface area contributed by atoms with Crippen molar-refractivity contribution in [3.63, 3.8) is 0 Å². The van der Waals surface area contributed by atoms with Gasteiger partial charge in [0.25, 0.3) is 0 Å². The van der Waals surface area contributed by atoms with Crippen molar-refractivity contribution in [3.05, 3.63) is 54.4 Å². The molecule has 7 heteroatoms. The molecule has 3 aromatic rings. The van der Waals surface area contributed by atoms with E-state index < -0.39 is 0 Å². The Kier molecular flexibility index (Phi) is 5.55. The molecule has 0 saturated carbocycles. The van der Waals surface area contributed by atoms with Crippen LogP contribution in [0.5, 0.6) is 5.75 Å². The summed E-state index contributed by atoms with van der Waals surface area (Å²) in [6, 6.07) is 14.4. The summed E-state index contributed by atoms with van der Waals surface area (Å²) in [5.74, 6) is 2.42. The molecule has 1 fully saturated rings. The van der Waals surface area contributed by atoms with Crippen LogP contribution in [0.3, 0.4) is 0 Å². The van der Waals surface area contributed by atoms with E-state index in [4.69, 9.17) is 14.6 Å². The van der Waals surface area contributed by atoms with E-state index in [1.54, 1.807) is 13.4 Å². The topological polar surface area (TPSA) is 79.7 Å². The van der Waals surface area contributed by atoms with Crippen molar-refractivity contribution in [2.75, 3.05) is 50.2 Å². The predicted octanol–water partition coefficient (Wildman–Crippen LogP) is 2.62. The summed E-state index contributed by atoms with van der Waals surface area (Å²) in [6.07, 6.45) is 1.52. The lowest BCUT2D eigenvalue weighted by Gasteiger charge is -2.34. The average molecular weight is 380 g/mol. The second-order valence-corrected chi connectivity index (χ2v) is 6.69. The lowest BCUT2D eigenvalue weighted by atomic mass is 10.0. The van der Waals surface area contributed by atoms with Gasteiger partial charge in [-0.05, 0) is 34.5 Å². The fourth-order valence-electron chi connectivity index (χ4n) is 3.43. The third-order valence-corrected chi connectivity index (χ3v) is 4.90. The van der Waals surface area contributed by atoms with E-state index in [2.05, 4.69) is 44.5 Å². The fraction of sp³-hybridized carbons (Fsp3) is 0.333. The Hall–Kier alpha value is -2.90. The van der Waals surface area contributed by atoms with Gasteiger partial charge >= 0.3 is 0 Å². The number of rotatable bonds is 6. The molecule has 28 heavy (non-hydrogen) atoms. The van der Waals surface area contributed by atoms with Crippen molar-refractivity contribution in [1.29, 1.82) is 0 Å². The molecule has 1 aliphatic heterocycles. The maximum Gasteiger partial charge on any atom is 0.134 e. The molecule has 1 saturated heterocycles. The van der Waals surface area contributed by atoms with Crippen LogP contribution in [0.15, 0.2) is 48.8 Å². The number of fused-ring (bicyclic) bond motifs is 1. The van der Waals surface area contributed by atoms with Crippen LogP contribution in [0.25, 0.3) is 10.8 Å². The van der Waals surface area contributed by atoms with Gasteiger partial charge in [-0.2, -0.15) is 0 Å². The zero-order valence-corrected chi connectivity index (χ0v) is 15.8. The Labute approximate surface area is 163 Å². The molecule has 7 nitrogen and oxygen atoms in total. The lowest BCUT2D eigenvalue weighted by Crippen LogP contribution is -2.38. The molecule has 4 rings (SSSR count). The molecule has 0 unspecified atom stereocenters. The standard InChI is InChI=1S/C21H24N4O3/c1-27-18-5-4-15-10-17(3-2-16(15)11-18)19-13-25(7-9-28-19)21-12-20(22-6-8-26)23-14-24-21/h2-5,10-12,14,19,26H,6-9,13H2,1H3,(H,22,23,24)/t19-/m0/s1. The zero-order valence-electron chi connectivity index (χ0n) is 15.8. The SMILES string of the molecule is COc1ccc2cc([C@@H]3CN(c4cc(NCCO)ncn4)CCO3)ccc2c1. The highest BCUT2D eigenvalue weighted by molar-refractivity contribution is 5.84. The smallest absolute Gasteiger partial charge is 0.134 e. The molecule has 1 aromatic heterocycles. The zero-order chi connectivity index (χ0) is 19.3. The number of morpholine rings is 1. The Morgan fingerprint density at radius 1 is 1.18 bits per heavy atom. The number of benzene rings is 2. The van der Waals surface area contributed by atoms with Crippen LogP contribution < -0.4 is 15.0 Å². The molecule has 1 atom stereocenters. The molecular weight excluding hydrogens is 356 g/mol. The molecule has 0 radical (unpaired) electrons. The van der Waals surface area contributed by atoms with Gasteiger partial charge in [0.15, 0.2) is 0 Å². The Balaban J connectivity index is 1.53. The first-order valence-corrected chi connectivity index (χ1v) is 9.38. The van der Waals surface area contributed by atoms with Gasteiger partial charge in [-0.3, -0.25) is 0 Å². The summed E-state index contributed by atoms with van der Waals surface area (Å²) in [4.78, 5) is 10.8. The van der Waals surface area contributed by atoms with Crippen LogP contribution in [0.4, 0.5) is 11.6 Å². The van der Waals surface area contributed by atoms with Crippen LogP contribution in [0.2, 0.25) is 0 Å². The second-order valence-electron chi connectivity index (χ2n) is 6.69. The summed E-state index contributed by atoms with van der Waals surface area (Å²) in [5, 5.41) is 14.4. The normalized spacial score (nSPS) is 16.9. The molecular formula is C21H24N4O3. The van der Waals surface area contributed by atoms with Gasteiger partial charge in [0.05, 0.1) is 20.3 Å². The van der Waals surface area contributed by atoms with Crippen LogP contribution in [0, 0.1) is 0 Å². The van der Waals surface area contributed by atoms with Gasteiger partial charge in [0, 0.05) is 25.7 Å². The molecule has 2 N–H and O–H groups in total. The van der Waals surface area contributed by atoms with Crippen molar-refractivity contribution in [3.8, 4) is 5.75 Å². The summed E-state index contributed by atoms with van der Waals surface area (Å²) in [6.45, 7) is 2.65. The fourth-order valence-corrected chi connectivity index (χ4v) is 3.43. The Morgan fingerprint density at radius 3 is 2.89 bits per heavy atom. The highest BCUT2D eigenvalue weighted by Gasteiger charge is 2.23. The van der Waals surface area contributed by atoms with Crippen molar-refractivity contribution in [2.24, 2.45) is 0 Å². The third-order valence-electron chi connectivity index (χ3n) is 4.90. The first kappa shape index (κ1) is 18.5. The predicted molar refractivity (Wildman–Crippen MR) is 109 cm³/mol. The van der Waals surface area contributed by atoms with Gasteiger partial charge in [-0.25, -0.2) is 9.97 Å². The molecule has 0 bridgehead atoms. The maximum absolute atomic E-state index is 8.97. The third kappa shape index (κ3) is 4.00. The van der Waals surface area contributed by atoms with E-state index in [0.29, 0.717) is 19.0 Å². The van der Waals surface area contributed by atoms with E-state index >= 15 is 0 Å². The van der Waals surface area contributed by atoms with E-state index in [1.807, 2.05) is 18.2 Å². The number of anilines is 2. The van der Waals surface area contributed by atoms with Crippen LogP contribution in [-0.4, -0.2) is 55.0 Å². The first-order valence-electron chi connectivity index (χ1n) is 9.38. The molecule has 2 aromatic carbocycles. The largest absolute Gasteiger partial charge is 0.497 e. The first-order chi connectivity index (χ1) is 13.8. The minimum atomic E-state index is -0.0240. The van der Waals surface area contributed by atoms with Gasteiger partial charge in [-0.1, -0.05) is 18.2 Å². The van der Waals surface area contributed by atoms with Crippen molar-refractivity contribution in [1.82, 2.24) is 9.97 Å². The van der Waals surface area contributed by atoms with Gasteiger partial charge in [0.1, 0.15) is 29.8 Å². The summed E-state index contributed by atoms with van der Waals surface area (Å²) in [5.41, 5.74) is 1.15. The number of nitrogens with zero attached hydrogens (tertiary/aromatic N) is 3. The number of aliphatic hydroxyl groups excluding tert-OH is 1. The quantitative estimate of drug-likeness (QED) is 0.680. The number of hydrogen-bond acceptors (Lipinski definition) is 7. The van der Waals surface area contributed by atoms with Crippen LogP contribution in [0.1, 0.15) is 11.7 Å². The minimum absolute atomic E-state index is 0.0240. The van der Waals surface area contributed by atoms with Gasteiger partial charge < -0.3 is 24.8 Å². The number of aromatic nitrogens is 2. The highest BCUT2D eigenvalue weighted by Crippen LogP contribution is 2.29. The van der Waals surface area contributed by atoms with E-state index in [-0.39, 0.29) is 12.7 Å². The minimum Gasteiger partial charge on any atom is -0.497 e. The number of ether oxygens (including phenoxy) is 2.